The molecule has 0 unspecified atom stereocenters. The van der Waals surface area contributed by atoms with Crippen LogP contribution >= 0.6 is 7.92 Å². The predicted octanol–water partition coefficient (Wildman–Crippen LogP) is 6.49. The summed E-state index contributed by atoms with van der Waals surface area (Å²) in [5.74, 6) is 0. The topological polar surface area (TPSA) is 57.2 Å². The monoisotopic (exact) mass is 534 g/mol. The maximum atomic E-state index is 10.7. The van der Waals surface area contributed by atoms with Crippen molar-refractivity contribution >= 4 is 18.0 Å². The first-order chi connectivity index (χ1) is 13.1. The zero-order chi connectivity index (χ0) is 21.2. The van der Waals surface area contributed by atoms with E-state index in [1.807, 2.05) is 6.08 Å². The molecule has 0 aromatic carbocycles. The van der Waals surface area contributed by atoms with E-state index in [9.17, 15) is 13.2 Å². The SMILES string of the molecule is C1CCC(P(C2CCCC2)C2CCCC2)C1.C=C[CH2][Pd+].O=S(=O)([O-])C(F)(F)F. The smallest absolute Gasteiger partial charge is 0.485 e. The van der Waals surface area contributed by atoms with Crippen molar-refractivity contribution in [2.45, 2.75) is 104 Å². The molecule has 3 nitrogen and oxygen atoms in total. The number of allylic oxidation sites excluding steroid dienone is 1. The fourth-order valence-corrected chi connectivity index (χ4v) is 9.17. The molecule has 168 valence electrons. The van der Waals surface area contributed by atoms with Crippen LogP contribution in [0.4, 0.5) is 13.2 Å². The molecule has 0 amide bonds. The third-order valence-corrected chi connectivity index (χ3v) is 10.7. The van der Waals surface area contributed by atoms with E-state index < -0.39 is 15.6 Å². The molecule has 3 rings (SSSR count). The summed E-state index contributed by atoms with van der Waals surface area (Å²) >= 11 is 2.92. The number of hydrogen-bond acceptors (Lipinski definition) is 3. The molecule has 0 radical (unpaired) electrons. The van der Waals surface area contributed by atoms with E-state index in [1.165, 1.54) is 17.0 Å². The molecule has 0 bridgehead atoms. The van der Waals surface area contributed by atoms with Gasteiger partial charge in [-0.25, -0.2) is 8.42 Å². The molecule has 0 aliphatic heterocycles. The minimum Gasteiger partial charge on any atom is -0.741 e. The van der Waals surface area contributed by atoms with E-state index in [0.717, 1.165) is 4.89 Å². The van der Waals surface area contributed by atoms with Crippen LogP contribution in [0, 0.1) is 0 Å². The van der Waals surface area contributed by atoms with Gasteiger partial charge in [0.05, 0.1) is 0 Å². The van der Waals surface area contributed by atoms with Gasteiger partial charge in [-0.05, 0) is 55.5 Å². The maximum Gasteiger partial charge on any atom is 0.485 e. The van der Waals surface area contributed by atoms with Crippen LogP contribution in [-0.4, -0.2) is 35.5 Å². The molecule has 3 aliphatic rings. The third-order valence-electron chi connectivity index (χ3n) is 5.61. The van der Waals surface area contributed by atoms with E-state index in [2.05, 4.69) is 25.8 Å². The van der Waals surface area contributed by atoms with E-state index in [1.54, 1.807) is 77.0 Å². The van der Waals surface area contributed by atoms with Crippen molar-refractivity contribution in [1.82, 2.24) is 0 Å². The van der Waals surface area contributed by atoms with Gasteiger partial charge in [0.15, 0.2) is 10.1 Å². The Balaban J connectivity index is 0.000000276. The molecule has 0 N–H and O–H groups in total. The molecule has 28 heavy (non-hydrogen) atoms. The Hall–Kier alpha value is 0.532. The standard InChI is InChI=1S/C15H27P.C3H5.CHF3O3S.Pd/c1-2-8-13(7-1)16(14-9-3-4-10-14)15-11-5-6-12-15;1-3-2;2-1(3,4)8(5,6)7;/h13-15H,1-12H2;3H,1-2H2;(H,5,6,7);/q;;;+1/p-1. The number of rotatable bonds is 4. The van der Waals surface area contributed by atoms with Gasteiger partial charge in [-0.2, -0.15) is 13.2 Å². The van der Waals surface area contributed by atoms with E-state index in [0.29, 0.717) is 7.92 Å². The summed E-state index contributed by atoms with van der Waals surface area (Å²) in [7, 11) is -5.65. The van der Waals surface area contributed by atoms with Gasteiger partial charge in [0.25, 0.3) is 0 Å². The Morgan fingerprint density at radius 1 is 0.893 bits per heavy atom. The van der Waals surface area contributed by atoms with Crippen LogP contribution in [0.2, 0.25) is 4.89 Å². The normalized spacial score (nSPS) is 22.0. The van der Waals surface area contributed by atoms with Crippen molar-refractivity contribution in [3.8, 4) is 0 Å². The van der Waals surface area contributed by atoms with Crippen LogP contribution in [0.3, 0.4) is 0 Å². The Morgan fingerprint density at radius 2 is 1.11 bits per heavy atom. The third kappa shape index (κ3) is 9.13. The zero-order valence-electron chi connectivity index (χ0n) is 16.2. The van der Waals surface area contributed by atoms with Crippen molar-refractivity contribution in [2.75, 3.05) is 0 Å². The minimum atomic E-state index is -6.09. The summed E-state index contributed by atoms with van der Waals surface area (Å²) in [6, 6.07) is 0. The van der Waals surface area contributed by atoms with Crippen LogP contribution in [0.1, 0.15) is 77.0 Å². The van der Waals surface area contributed by atoms with Crippen LogP contribution < -0.4 is 0 Å². The van der Waals surface area contributed by atoms with Crippen molar-refractivity contribution in [3.63, 3.8) is 0 Å². The summed E-state index contributed by atoms with van der Waals surface area (Å²) in [6.45, 7) is 3.44. The Kier molecular flexibility index (Phi) is 12.4. The Bertz CT molecular complexity index is 501. The van der Waals surface area contributed by atoms with Gasteiger partial charge in [-0.1, -0.05) is 46.4 Å². The molecule has 3 saturated carbocycles. The van der Waals surface area contributed by atoms with Gasteiger partial charge in [0.2, 0.25) is 0 Å². The summed E-state index contributed by atoms with van der Waals surface area (Å²) in [5.41, 5.74) is -2.02. The number of hydrogen-bond donors (Lipinski definition) is 0. The fourth-order valence-electron chi connectivity index (χ4n) is 4.50. The average Bonchev–Trinajstić information content (AvgIpc) is 3.39. The molecule has 3 fully saturated rings. The van der Waals surface area contributed by atoms with Gasteiger partial charge >= 0.3 is 42.3 Å². The molecule has 9 heteroatoms. The second-order valence-corrected chi connectivity index (χ2v) is 12.7. The van der Waals surface area contributed by atoms with E-state index >= 15 is 0 Å². The molecule has 3 aliphatic carbocycles. The molecule has 0 heterocycles. The van der Waals surface area contributed by atoms with Gasteiger partial charge in [0.1, 0.15) is 0 Å². The Labute approximate surface area is 180 Å². The summed E-state index contributed by atoms with van der Waals surface area (Å²) < 4.78 is 58.9. The fraction of sp³-hybridized carbons (Fsp3) is 0.895. The number of halogens is 3. The molecular formula is C19H32F3O3PPdS. The van der Waals surface area contributed by atoms with E-state index in [-0.39, 0.29) is 0 Å². The van der Waals surface area contributed by atoms with Gasteiger partial charge in [-0.15, -0.1) is 0 Å². The zero-order valence-corrected chi connectivity index (χ0v) is 19.5. The largest absolute Gasteiger partial charge is 0.741 e. The summed E-state index contributed by atoms with van der Waals surface area (Å²) in [4.78, 5) is 0.933. The predicted molar refractivity (Wildman–Crippen MR) is 104 cm³/mol. The van der Waals surface area contributed by atoms with Gasteiger partial charge < -0.3 is 4.55 Å². The number of alkyl halides is 3. The van der Waals surface area contributed by atoms with Crippen LogP contribution in [0.15, 0.2) is 12.7 Å². The molecule has 0 aromatic rings. The van der Waals surface area contributed by atoms with Crippen LogP contribution in [0.25, 0.3) is 0 Å². The molecule has 0 atom stereocenters. The van der Waals surface area contributed by atoms with Crippen LogP contribution in [0.5, 0.6) is 0 Å². The first kappa shape index (κ1) is 26.6. The molecule has 0 saturated heterocycles. The van der Waals surface area contributed by atoms with E-state index in [4.69, 9.17) is 13.0 Å². The second-order valence-electron chi connectivity index (χ2n) is 7.58. The average molecular weight is 535 g/mol. The van der Waals surface area contributed by atoms with Crippen molar-refractivity contribution < 1.29 is 45.3 Å². The molecule has 0 spiro atoms. The van der Waals surface area contributed by atoms with Crippen molar-refractivity contribution in [2.24, 2.45) is 0 Å². The molecule has 0 aromatic heterocycles. The molecular weight excluding hydrogens is 503 g/mol. The second kappa shape index (κ2) is 13.1. The van der Waals surface area contributed by atoms with Crippen molar-refractivity contribution in [3.05, 3.63) is 12.7 Å². The quantitative estimate of drug-likeness (QED) is 0.136. The Morgan fingerprint density at radius 3 is 1.25 bits per heavy atom. The van der Waals surface area contributed by atoms with Gasteiger partial charge in [-0.3, -0.25) is 0 Å². The maximum absolute atomic E-state index is 10.7. The van der Waals surface area contributed by atoms with Gasteiger partial charge in [0, 0.05) is 0 Å². The first-order valence-corrected chi connectivity index (χ1v) is 14.1. The first-order valence-electron chi connectivity index (χ1n) is 10.0. The van der Waals surface area contributed by atoms with Crippen LogP contribution in [-0.2, 0) is 29.3 Å². The summed E-state index contributed by atoms with van der Waals surface area (Å²) in [6.07, 6.45) is 20.8. The minimum absolute atomic E-state index is 0.436. The van der Waals surface area contributed by atoms with Crippen molar-refractivity contribution in [1.29, 1.82) is 0 Å². The summed E-state index contributed by atoms with van der Waals surface area (Å²) in [5, 5.41) is 0.